The summed E-state index contributed by atoms with van der Waals surface area (Å²) in [5, 5.41) is 0. The summed E-state index contributed by atoms with van der Waals surface area (Å²) in [4.78, 5) is 11.3. The summed E-state index contributed by atoms with van der Waals surface area (Å²) in [6.45, 7) is 2.02. The zero-order chi connectivity index (χ0) is 26.1. The van der Waals surface area contributed by atoms with Crippen molar-refractivity contribution in [1.82, 2.24) is 0 Å². The normalized spacial score (nSPS) is 14.9. The molecule has 0 aromatic rings. The minimum Gasteiger partial charge on any atom is -0.396 e. The quantitative estimate of drug-likeness (QED) is 0.118. The predicted molar refractivity (Wildman–Crippen MR) is 93.3 cm³/mol. The standard InChI is InChI=1S/C19H26F12O2/c1-2-3-4-5-6-7-8-9-10-11-14(32)33-19(30,31)18(28,29)17(26,27)16(24,25)13(20)12-15(21,22)23/h13H,2-12H2,1H3. The summed E-state index contributed by atoms with van der Waals surface area (Å²) in [7, 11) is 0. The molecular weight excluding hydrogens is 488 g/mol. The number of hydrogen-bond acceptors (Lipinski definition) is 2. The first-order chi connectivity index (χ1) is 14.8. The van der Waals surface area contributed by atoms with Crippen molar-refractivity contribution in [3.8, 4) is 0 Å². The summed E-state index contributed by atoms with van der Waals surface area (Å²) in [5.41, 5.74) is 0. The minimum absolute atomic E-state index is 0.153. The van der Waals surface area contributed by atoms with Gasteiger partial charge in [-0.3, -0.25) is 4.79 Å². The van der Waals surface area contributed by atoms with E-state index in [1.54, 1.807) is 0 Å². The van der Waals surface area contributed by atoms with Crippen LogP contribution >= 0.6 is 0 Å². The Labute approximate surface area is 183 Å². The van der Waals surface area contributed by atoms with Crippen LogP contribution in [0, 0.1) is 0 Å². The molecule has 0 aliphatic heterocycles. The van der Waals surface area contributed by atoms with E-state index in [4.69, 9.17) is 0 Å². The molecule has 1 unspecified atom stereocenters. The molecule has 0 fully saturated rings. The number of carbonyl (C=O) groups excluding carboxylic acids is 1. The highest BCUT2D eigenvalue weighted by atomic mass is 19.4. The molecular formula is C19H26F12O2. The average Bonchev–Trinajstić information content (AvgIpc) is 2.64. The predicted octanol–water partition coefficient (Wildman–Crippen LogP) is 8.24. The van der Waals surface area contributed by atoms with Crippen molar-refractivity contribution in [2.45, 2.75) is 114 Å². The van der Waals surface area contributed by atoms with Gasteiger partial charge in [0.2, 0.25) is 0 Å². The van der Waals surface area contributed by atoms with Crippen LogP contribution in [0.3, 0.4) is 0 Å². The van der Waals surface area contributed by atoms with Crippen molar-refractivity contribution in [1.29, 1.82) is 0 Å². The topological polar surface area (TPSA) is 26.3 Å². The lowest BCUT2D eigenvalue weighted by molar-refractivity contribution is -0.423. The first-order valence-corrected chi connectivity index (χ1v) is 10.3. The molecule has 0 saturated carbocycles. The van der Waals surface area contributed by atoms with Gasteiger partial charge >= 0.3 is 36.0 Å². The maximum absolute atomic E-state index is 13.5. The number of carbonyl (C=O) groups is 1. The second kappa shape index (κ2) is 12.4. The first-order valence-electron chi connectivity index (χ1n) is 10.3. The Morgan fingerprint density at radius 1 is 0.697 bits per heavy atom. The first kappa shape index (κ1) is 31.6. The van der Waals surface area contributed by atoms with Crippen LogP contribution < -0.4 is 0 Å². The third kappa shape index (κ3) is 9.06. The van der Waals surface area contributed by atoms with Crippen LogP contribution in [-0.4, -0.2) is 42.2 Å². The molecule has 14 heteroatoms. The van der Waals surface area contributed by atoms with Gasteiger partial charge in [-0.15, -0.1) is 0 Å². The van der Waals surface area contributed by atoms with Gasteiger partial charge in [0.1, 0.15) is 0 Å². The lowest BCUT2D eigenvalue weighted by Gasteiger charge is -2.37. The largest absolute Gasteiger partial charge is 0.473 e. The Kier molecular flexibility index (Phi) is 11.9. The van der Waals surface area contributed by atoms with E-state index in [0.29, 0.717) is 6.42 Å². The third-order valence-corrected chi connectivity index (χ3v) is 4.71. The molecule has 0 aromatic heterocycles. The highest BCUT2D eigenvalue weighted by molar-refractivity contribution is 5.69. The Hall–Kier alpha value is -1.37. The molecule has 33 heavy (non-hydrogen) atoms. The Balaban J connectivity index is 4.91. The fourth-order valence-corrected chi connectivity index (χ4v) is 2.76. The van der Waals surface area contributed by atoms with Crippen molar-refractivity contribution in [3.63, 3.8) is 0 Å². The Morgan fingerprint density at radius 3 is 1.55 bits per heavy atom. The second-order valence-corrected chi connectivity index (χ2v) is 7.63. The van der Waals surface area contributed by atoms with E-state index in [-0.39, 0.29) is 12.8 Å². The van der Waals surface area contributed by atoms with E-state index in [0.717, 1.165) is 38.5 Å². The fourth-order valence-electron chi connectivity index (χ4n) is 2.76. The van der Waals surface area contributed by atoms with Gasteiger partial charge in [0.25, 0.3) is 0 Å². The lowest BCUT2D eigenvalue weighted by atomic mass is 9.97. The van der Waals surface area contributed by atoms with E-state index >= 15 is 0 Å². The van der Waals surface area contributed by atoms with Crippen molar-refractivity contribution < 1.29 is 62.2 Å². The summed E-state index contributed by atoms with van der Waals surface area (Å²) < 4.78 is 160. The van der Waals surface area contributed by atoms with Gasteiger partial charge in [-0.25, -0.2) is 4.39 Å². The number of unbranched alkanes of at least 4 members (excludes halogenated alkanes) is 8. The summed E-state index contributed by atoms with van der Waals surface area (Å²) in [6, 6.07) is 0. The Bertz CT molecular complexity index is 590. The molecule has 0 amide bonds. The van der Waals surface area contributed by atoms with Gasteiger partial charge in [0.15, 0.2) is 6.17 Å². The SMILES string of the molecule is CCCCCCCCCCCC(=O)OC(F)(F)C(F)(F)C(F)(F)C(F)(F)C(F)CC(F)(F)F. The number of ether oxygens (including phenoxy) is 1. The smallest absolute Gasteiger partial charge is 0.396 e. The molecule has 198 valence electrons. The molecule has 0 rings (SSSR count). The van der Waals surface area contributed by atoms with Gasteiger partial charge in [0, 0.05) is 6.42 Å². The van der Waals surface area contributed by atoms with Crippen molar-refractivity contribution >= 4 is 5.97 Å². The van der Waals surface area contributed by atoms with Crippen LogP contribution in [0.4, 0.5) is 52.7 Å². The van der Waals surface area contributed by atoms with Crippen LogP contribution in [0.2, 0.25) is 0 Å². The summed E-state index contributed by atoms with van der Waals surface area (Å²) in [5.74, 6) is -23.5. The minimum atomic E-state index is -7.33. The molecule has 0 aliphatic carbocycles. The Morgan fingerprint density at radius 2 is 1.12 bits per heavy atom. The number of esters is 1. The van der Waals surface area contributed by atoms with E-state index in [9.17, 15) is 57.5 Å². The van der Waals surface area contributed by atoms with Gasteiger partial charge in [-0.2, -0.15) is 48.3 Å². The zero-order valence-electron chi connectivity index (χ0n) is 17.7. The molecule has 0 saturated heterocycles. The maximum Gasteiger partial charge on any atom is 0.473 e. The molecule has 0 radical (unpaired) electrons. The van der Waals surface area contributed by atoms with Crippen molar-refractivity contribution in [3.05, 3.63) is 0 Å². The van der Waals surface area contributed by atoms with Gasteiger partial charge in [0.05, 0.1) is 6.42 Å². The highest BCUT2D eigenvalue weighted by Crippen LogP contribution is 2.55. The number of rotatable bonds is 16. The van der Waals surface area contributed by atoms with Gasteiger partial charge < -0.3 is 4.74 Å². The molecule has 0 heterocycles. The second-order valence-electron chi connectivity index (χ2n) is 7.63. The third-order valence-electron chi connectivity index (χ3n) is 4.71. The lowest BCUT2D eigenvalue weighted by Crippen LogP contribution is -2.65. The molecule has 0 spiro atoms. The van der Waals surface area contributed by atoms with Crippen LogP contribution in [0.5, 0.6) is 0 Å². The fraction of sp³-hybridized carbons (Fsp3) is 0.947. The monoisotopic (exact) mass is 514 g/mol. The van der Waals surface area contributed by atoms with Crippen LogP contribution in [0.15, 0.2) is 0 Å². The average molecular weight is 514 g/mol. The van der Waals surface area contributed by atoms with Gasteiger partial charge in [-0.1, -0.05) is 58.3 Å². The molecule has 0 bridgehead atoms. The molecule has 1 atom stereocenters. The van der Waals surface area contributed by atoms with E-state index in [2.05, 4.69) is 4.74 Å². The maximum atomic E-state index is 13.5. The van der Waals surface area contributed by atoms with Crippen molar-refractivity contribution in [2.24, 2.45) is 0 Å². The van der Waals surface area contributed by atoms with E-state index in [1.165, 1.54) is 0 Å². The van der Waals surface area contributed by atoms with Crippen molar-refractivity contribution in [2.75, 3.05) is 0 Å². The highest BCUT2D eigenvalue weighted by Gasteiger charge is 2.84. The summed E-state index contributed by atoms with van der Waals surface area (Å²) >= 11 is 0. The van der Waals surface area contributed by atoms with Crippen LogP contribution in [0.1, 0.15) is 77.6 Å². The summed E-state index contributed by atoms with van der Waals surface area (Å²) in [6.07, 6.45) is -15.2. The molecule has 0 aromatic carbocycles. The zero-order valence-corrected chi connectivity index (χ0v) is 17.7. The van der Waals surface area contributed by atoms with E-state index in [1.807, 2.05) is 6.92 Å². The van der Waals surface area contributed by atoms with Gasteiger partial charge in [-0.05, 0) is 6.42 Å². The van der Waals surface area contributed by atoms with Crippen LogP contribution in [0.25, 0.3) is 0 Å². The van der Waals surface area contributed by atoms with E-state index < -0.39 is 55.0 Å². The number of hydrogen-bond donors (Lipinski definition) is 0. The number of alkyl halides is 12. The molecule has 0 aliphatic rings. The molecule has 2 nitrogen and oxygen atoms in total. The van der Waals surface area contributed by atoms with Crippen LogP contribution in [-0.2, 0) is 9.53 Å². The number of halogens is 12. The molecule has 0 N–H and O–H groups in total.